The maximum Gasteiger partial charge on any atom is 0.478 e. The van der Waals surface area contributed by atoms with E-state index in [9.17, 15) is 52.5 Å². The maximum absolute atomic E-state index is 13.7. The van der Waals surface area contributed by atoms with Gasteiger partial charge in [-0.3, -0.25) is 37.9 Å². The number of methoxy groups -OCH3 is 3. The Morgan fingerprint density at radius 1 is 0.519 bits per heavy atom. The summed E-state index contributed by atoms with van der Waals surface area (Å²) in [5.41, 5.74) is 8.09. The number of nitrogen functional groups attached to an aromatic ring is 2. The zero-order valence-corrected chi connectivity index (χ0v) is 93.9. The number of amides is 2. The normalized spacial score (nSPS) is 15.2. The molecule has 3 aromatic heterocycles. The lowest BCUT2D eigenvalue weighted by Crippen LogP contribution is -2.43. The summed E-state index contributed by atoms with van der Waals surface area (Å²) >= 11 is 11.9. The van der Waals surface area contributed by atoms with E-state index in [1.165, 1.54) is 32.3 Å². The highest BCUT2D eigenvalue weighted by Gasteiger charge is 2.48. The van der Waals surface area contributed by atoms with Crippen molar-refractivity contribution in [1.29, 1.82) is 0 Å². The highest BCUT2D eigenvalue weighted by Crippen LogP contribution is 2.60. The molecule has 6 rings (SSSR count). The first kappa shape index (κ1) is 128. The van der Waals surface area contributed by atoms with Crippen molar-refractivity contribution in [3.8, 4) is 17.2 Å². The zero-order valence-electron chi connectivity index (χ0n) is 86.7. The van der Waals surface area contributed by atoms with Crippen molar-refractivity contribution in [2.75, 3.05) is 134 Å². The number of hydrogen-bond acceptors (Lipinski definition) is 37. The summed E-state index contributed by atoms with van der Waals surface area (Å²) in [4.78, 5) is 104. The minimum atomic E-state index is -4.46. The zero-order chi connectivity index (χ0) is 104. The second kappa shape index (κ2) is 58.6. The first-order valence-electron chi connectivity index (χ1n) is 45.2. The van der Waals surface area contributed by atoms with Crippen molar-refractivity contribution in [3.63, 3.8) is 0 Å². The number of aliphatic hydroxyl groups excluding tert-OH is 1. The fraction of sp³-hybridized carbons (Fsp3) is 0.791. The van der Waals surface area contributed by atoms with E-state index in [2.05, 4.69) is 208 Å². The smallest absolute Gasteiger partial charge is 0.478 e. The van der Waals surface area contributed by atoms with Gasteiger partial charge in [0.15, 0.2) is 58.7 Å². The van der Waals surface area contributed by atoms with Crippen LogP contribution in [0.5, 0.6) is 17.2 Å². The average molecular weight is 2080 g/mol. The van der Waals surface area contributed by atoms with Crippen LogP contribution in [0.4, 0.5) is 44.9 Å². The summed E-state index contributed by atoms with van der Waals surface area (Å²) in [6.07, 6.45) is 15.1. The minimum Gasteiger partial charge on any atom is -0.491 e. The molecule has 782 valence electrons. The van der Waals surface area contributed by atoms with Crippen molar-refractivity contribution < 1.29 is 127 Å². The number of nitrogens with two attached hydrogens (primary N) is 2. The van der Waals surface area contributed by atoms with Gasteiger partial charge in [-0.2, -0.15) is 26.0 Å². The molecule has 3 saturated heterocycles. The number of esters is 4. The molecule has 0 bridgehead atoms. The Morgan fingerprint density at radius 3 is 1.09 bits per heavy atom. The largest absolute Gasteiger partial charge is 0.491 e. The Morgan fingerprint density at radius 2 is 0.830 bits per heavy atom. The highest BCUT2D eigenvalue weighted by atomic mass is 35.7. The molecule has 0 saturated carbocycles. The monoisotopic (exact) mass is 2070 g/mol. The summed E-state index contributed by atoms with van der Waals surface area (Å²) in [6.45, 7) is 57.5. The standard InChI is InChI=1S/C29H55N4O9PSi.C17H34N4O2Si.C12H23O8P.C11H20N4O2.C6H8ClN2O5P.C6H15ClSi.C5H10O/c1-14-15-16-21(18-42-44(12,13)29(8,9)10)31-23-22(37-11)17-30-26(32-23)33-43(36,40-19-38-24(34)27(2,3)4)41-20-39-25(35)28(5,6)7;1-8-9-10-13(12-23-24(6,7)17(2,3)4)20-15-14(22-5)11-19-16(18)21-15;1-11(2,3)9(13)17-7-19-21(15,16)20-8-18-10(14)12(4,5)6;1-3-4-5-8(7-16)14-10-9(17-2)6-13-11(12)15-10;7-15(12,8-1-3-13-5(8)10)9-2-4-14-6(9)11;1-6(2,3)8(4,5)7;1-5-3-2-4-6-5/h17,21H,14-16,18-20H2,1-13H3,(H2,30,31,32,33,36);11,13H,8-10,12H2,1-7H3,(H3,18,19,20,21);7-8H2,1-6H3,(H,15,16);6,8,16H,3-5,7H2,1-2H3,(H3,12,13,14,15);1-4H2;1-5H3;5H,2-4H2,1H3/t21-;13-;;8-;;;/m11.1.../s1. The fourth-order valence-corrected chi connectivity index (χ4v) is 15.1. The number of anilines is 6. The molecule has 3 aliphatic rings. The number of carbonyl (C=O) groups is 6. The lowest BCUT2D eigenvalue weighted by atomic mass is 9.98. The van der Waals surface area contributed by atoms with E-state index in [0.717, 1.165) is 73.7 Å². The van der Waals surface area contributed by atoms with Crippen LogP contribution in [0.2, 0.25) is 54.4 Å². The van der Waals surface area contributed by atoms with Crippen LogP contribution in [0.1, 0.15) is 244 Å². The molecule has 41 nitrogen and oxygen atoms in total. The number of carbonyl (C=O) groups excluding carboxylic acids is 6. The average Bonchev–Trinajstić information content (AvgIpc) is 1.65. The Kier molecular flexibility index (Phi) is 55.7. The van der Waals surface area contributed by atoms with Crippen molar-refractivity contribution in [2.45, 2.75) is 322 Å². The molecular weight excluding hydrogens is 1910 g/mol. The van der Waals surface area contributed by atoms with Gasteiger partial charge in [-0.15, -0.1) is 0 Å². The molecule has 0 aromatic carbocycles. The topological polar surface area (TPSA) is 526 Å². The quantitative estimate of drug-likeness (QED) is 0.00653. The van der Waals surface area contributed by atoms with Crippen molar-refractivity contribution in [1.82, 2.24) is 39.2 Å². The van der Waals surface area contributed by atoms with Crippen molar-refractivity contribution >= 4 is 140 Å². The summed E-state index contributed by atoms with van der Waals surface area (Å²) in [6, 6.07) is 0.0362. The summed E-state index contributed by atoms with van der Waals surface area (Å²) in [7, 11) is -9.33. The van der Waals surface area contributed by atoms with E-state index in [0.29, 0.717) is 59.1 Å². The van der Waals surface area contributed by atoms with E-state index in [1.54, 1.807) is 104 Å². The van der Waals surface area contributed by atoms with Crippen LogP contribution in [-0.2, 0) is 93.0 Å². The number of phosphoric acid groups is 1. The molecule has 0 spiro atoms. The number of phosphoric ester groups is 1. The van der Waals surface area contributed by atoms with E-state index in [-0.39, 0.29) is 79.0 Å². The number of aromatic nitrogens is 6. The van der Waals surface area contributed by atoms with Gasteiger partial charge in [0.1, 0.15) is 13.2 Å². The molecular formula is C86H165Cl2N14O27P3Si3. The van der Waals surface area contributed by atoms with E-state index in [4.69, 9.17) is 80.1 Å². The number of cyclic esters (lactones) is 2. The molecule has 1 unspecified atom stereocenters. The SMILES string of the molecule is CC(C)(C)C(=O)OCOP(=O)(O)OCOC(=O)C(C)(C)C.CC(C)(C)[Si](C)(C)Cl.CC1CCCO1.CCCC[C@H](CO)Nc1nc(N)ncc1OC.CCCC[C@H](CO[Si](C)(C)C(C)(C)C)Nc1nc(N)ncc1OC.CCCC[C@H](CO[Si](C)(C)C(C)(C)C)Nc1nc(NP(=O)(OCOC(=O)C(C)(C)C)OCOC(=O)C(C)(C)C)ncc1OC.O=C1OCCN1P(=O)(Cl)N1CCOC1=O. The molecule has 135 heavy (non-hydrogen) atoms. The van der Waals surface area contributed by atoms with Crippen molar-refractivity contribution in [3.05, 3.63) is 18.6 Å². The van der Waals surface area contributed by atoms with E-state index < -0.39 is 131 Å². The molecule has 4 atom stereocenters. The van der Waals surface area contributed by atoms with Gasteiger partial charge >= 0.3 is 58.4 Å². The molecule has 10 N–H and O–H groups in total. The van der Waals surface area contributed by atoms with Crippen LogP contribution in [-0.4, -0.2) is 235 Å². The third-order valence-electron chi connectivity index (χ3n) is 21.2. The van der Waals surface area contributed by atoms with Crippen LogP contribution < -0.4 is 46.7 Å². The molecule has 3 aromatic rings. The number of aliphatic hydroxyl groups is 1. The van der Waals surface area contributed by atoms with Crippen LogP contribution in [0.15, 0.2) is 18.6 Å². The van der Waals surface area contributed by atoms with Crippen LogP contribution in [0.3, 0.4) is 0 Å². The first-order valence-corrected chi connectivity index (χ1v) is 60.6. The molecule has 0 aliphatic carbocycles. The Hall–Kier alpha value is -6.58. The number of halogens is 2. The third-order valence-corrected chi connectivity index (χ3v) is 40.7. The lowest BCUT2D eigenvalue weighted by Gasteiger charge is -2.37. The van der Waals surface area contributed by atoms with E-state index >= 15 is 0 Å². The Balaban J connectivity index is 0.00000168. The van der Waals surface area contributed by atoms with Gasteiger partial charge < -0.3 is 93.6 Å². The second-order valence-electron chi connectivity index (χ2n) is 40.5. The Bertz CT molecular complexity index is 4110. The molecule has 2 amide bonds. The van der Waals surface area contributed by atoms with Gasteiger partial charge in [-0.25, -0.2) is 52.1 Å². The van der Waals surface area contributed by atoms with Crippen LogP contribution in [0, 0.1) is 21.7 Å². The van der Waals surface area contributed by atoms with Crippen LogP contribution in [0.25, 0.3) is 0 Å². The molecule has 3 fully saturated rings. The maximum atomic E-state index is 13.7. The van der Waals surface area contributed by atoms with Gasteiger partial charge in [0.2, 0.25) is 45.0 Å². The molecule has 3 aliphatic heterocycles. The number of unbranched alkanes of at least 4 members (excludes halogenated alkanes) is 3. The Labute approximate surface area is 815 Å². The number of nitrogens with zero attached hydrogens (tertiary/aromatic N) is 8. The van der Waals surface area contributed by atoms with Gasteiger partial charge in [-0.05, 0) is 175 Å². The molecule has 49 heteroatoms. The lowest BCUT2D eigenvalue weighted by molar-refractivity contribution is -0.164. The van der Waals surface area contributed by atoms with Gasteiger partial charge in [-0.1, -0.05) is 135 Å². The number of hydrogen-bond donors (Lipinski definition) is 8. The molecule has 6 heterocycles. The third kappa shape index (κ3) is 50.4. The first-order chi connectivity index (χ1) is 61.8. The number of rotatable bonds is 41. The number of nitrogens with one attached hydrogen (secondary N) is 4. The summed E-state index contributed by atoms with van der Waals surface area (Å²) < 4.78 is 121. The predicted octanol–water partition coefficient (Wildman–Crippen LogP) is 20.1. The number of ether oxygens (including phenoxy) is 10. The van der Waals surface area contributed by atoms with Crippen molar-refractivity contribution in [2.24, 2.45) is 21.7 Å². The predicted molar refractivity (Wildman–Crippen MR) is 533 cm³/mol. The molecule has 0 radical (unpaired) electrons. The van der Waals surface area contributed by atoms with Gasteiger partial charge in [0.25, 0.3) is 0 Å². The van der Waals surface area contributed by atoms with Gasteiger partial charge in [0, 0.05) is 18.7 Å². The summed E-state index contributed by atoms with van der Waals surface area (Å²) in [5.74, 6) is 0.922. The minimum absolute atomic E-state index is 0.0434. The fourth-order valence-electron chi connectivity index (χ4n) is 9.34. The highest BCUT2D eigenvalue weighted by molar-refractivity contribution is 7.86. The van der Waals surface area contributed by atoms with Gasteiger partial charge in [0.05, 0.1) is 107 Å². The second-order valence-corrected chi connectivity index (χ2v) is 63.8. The van der Waals surface area contributed by atoms with E-state index in [1.807, 2.05) is 0 Å². The summed E-state index contributed by atoms with van der Waals surface area (Å²) in [5, 5.41) is 22.4. The van der Waals surface area contributed by atoms with Crippen LogP contribution >= 0.6 is 44.7 Å².